The van der Waals surface area contributed by atoms with E-state index in [0.29, 0.717) is 30.1 Å². The van der Waals surface area contributed by atoms with Crippen molar-refractivity contribution in [3.8, 4) is 17.1 Å². The molecule has 28 heavy (non-hydrogen) atoms. The van der Waals surface area contributed by atoms with Gasteiger partial charge in [-0.3, -0.25) is 0 Å². The maximum atomic E-state index is 14.6. The SMILES string of the molecule is Cc1cccc(-n2nc(C(F)(F)F)cc2-c2cc(F)c(S(C)(=O)=O)cc2F)n1. The third kappa shape index (κ3) is 3.75. The molecule has 0 atom stereocenters. The second-order valence-corrected chi connectivity index (χ2v) is 7.98. The van der Waals surface area contributed by atoms with Gasteiger partial charge in [0.2, 0.25) is 0 Å². The monoisotopic (exact) mass is 417 g/mol. The van der Waals surface area contributed by atoms with E-state index in [0.717, 1.165) is 4.68 Å². The Morgan fingerprint density at radius 3 is 2.29 bits per heavy atom. The molecule has 0 unspecified atom stereocenters. The Kier molecular flexibility index (Phi) is 4.74. The van der Waals surface area contributed by atoms with Crippen molar-refractivity contribution in [2.24, 2.45) is 0 Å². The molecule has 0 fully saturated rings. The summed E-state index contributed by atoms with van der Waals surface area (Å²) in [4.78, 5) is 3.16. The Labute approximate surface area is 156 Å². The third-order valence-corrected chi connectivity index (χ3v) is 4.90. The van der Waals surface area contributed by atoms with Crippen LogP contribution in [0.25, 0.3) is 17.1 Å². The average molecular weight is 417 g/mol. The summed E-state index contributed by atoms with van der Waals surface area (Å²) in [7, 11) is -4.07. The van der Waals surface area contributed by atoms with Crippen molar-refractivity contribution >= 4 is 9.84 Å². The number of alkyl halides is 3. The molecule has 0 bridgehead atoms. The number of rotatable bonds is 3. The molecule has 0 saturated carbocycles. The van der Waals surface area contributed by atoms with Gasteiger partial charge >= 0.3 is 6.18 Å². The molecule has 0 aliphatic carbocycles. The number of halogens is 5. The maximum Gasteiger partial charge on any atom is 0.435 e. The molecule has 0 spiro atoms. The van der Waals surface area contributed by atoms with Gasteiger partial charge < -0.3 is 0 Å². The minimum Gasteiger partial charge on any atom is -0.234 e. The summed E-state index contributed by atoms with van der Waals surface area (Å²) in [5.41, 5.74) is -1.89. The van der Waals surface area contributed by atoms with Crippen LogP contribution in [-0.2, 0) is 16.0 Å². The van der Waals surface area contributed by atoms with E-state index in [1.54, 1.807) is 13.0 Å². The zero-order valence-corrected chi connectivity index (χ0v) is 15.2. The molecule has 1 aromatic carbocycles. The molecule has 0 aliphatic rings. The first-order valence-corrected chi connectivity index (χ1v) is 9.58. The van der Waals surface area contributed by atoms with Crippen molar-refractivity contribution in [2.75, 3.05) is 6.26 Å². The molecule has 11 heteroatoms. The van der Waals surface area contributed by atoms with Gasteiger partial charge in [-0.25, -0.2) is 26.9 Å². The van der Waals surface area contributed by atoms with E-state index in [1.165, 1.54) is 12.1 Å². The fraction of sp³-hybridized carbons (Fsp3) is 0.176. The number of benzene rings is 1. The maximum absolute atomic E-state index is 14.6. The number of aromatic nitrogens is 3. The van der Waals surface area contributed by atoms with Crippen LogP contribution < -0.4 is 0 Å². The number of sulfone groups is 1. The quantitative estimate of drug-likeness (QED) is 0.606. The molecule has 2 heterocycles. The normalized spacial score (nSPS) is 12.4. The summed E-state index contributed by atoms with van der Waals surface area (Å²) in [6, 6.07) is 5.95. The molecule has 148 valence electrons. The van der Waals surface area contributed by atoms with Gasteiger partial charge in [-0.05, 0) is 37.3 Å². The zero-order chi connectivity index (χ0) is 20.9. The molecule has 5 nitrogen and oxygen atoms in total. The first-order valence-electron chi connectivity index (χ1n) is 7.68. The molecule has 3 aromatic rings. The summed E-state index contributed by atoms with van der Waals surface area (Å²) in [6.07, 6.45) is -4.15. The highest BCUT2D eigenvalue weighted by molar-refractivity contribution is 7.90. The standard InChI is InChI=1S/C17H12F5N3O2S/c1-9-4-3-5-16(23-9)25-13(8-15(24-25)17(20,21)22)10-6-12(19)14(7-11(10)18)28(2,26)27/h3-8H,1-2H3. The summed E-state index contributed by atoms with van der Waals surface area (Å²) in [6.45, 7) is 1.60. The van der Waals surface area contributed by atoms with Crippen LogP contribution in [0, 0.1) is 18.6 Å². The van der Waals surface area contributed by atoms with Crippen LogP contribution in [0.2, 0.25) is 0 Å². The van der Waals surface area contributed by atoms with Gasteiger partial charge in [0.15, 0.2) is 21.3 Å². The highest BCUT2D eigenvalue weighted by atomic mass is 32.2. The lowest BCUT2D eigenvalue weighted by atomic mass is 10.1. The van der Waals surface area contributed by atoms with E-state index in [4.69, 9.17) is 0 Å². The molecule has 0 radical (unpaired) electrons. The van der Waals surface area contributed by atoms with Crippen molar-refractivity contribution in [3.63, 3.8) is 0 Å². The fourth-order valence-corrected chi connectivity index (χ4v) is 3.27. The number of pyridine rings is 1. The molecule has 3 rings (SSSR count). The highest BCUT2D eigenvalue weighted by Crippen LogP contribution is 2.35. The molecular formula is C17H12F5N3O2S. The average Bonchev–Trinajstić information content (AvgIpc) is 3.01. The van der Waals surface area contributed by atoms with E-state index < -0.39 is 49.5 Å². The minimum atomic E-state index is -4.84. The predicted octanol–water partition coefficient (Wildman–Crippen LogP) is 3.94. The molecule has 0 N–H and O–H groups in total. The van der Waals surface area contributed by atoms with Crippen molar-refractivity contribution < 1.29 is 30.4 Å². The van der Waals surface area contributed by atoms with Crippen molar-refractivity contribution in [1.82, 2.24) is 14.8 Å². The van der Waals surface area contributed by atoms with E-state index in [2.05, 4.69) is 10.1 Å². The summed E-state index contributed by atoms with van der Waals surface area (Å²) in [5, 5.41) is 3.43. The van der Waals surface area contributed by atoms with Gasteiger partial charge in [0, 0.05) is 17.5 Å². The van der Waals surface area contributed by atoms with Crippen LogP contribution in [0.1, 0.15) is 11.4 Å². The fourth-order valence-electron chi connectivity index (χ4n) is 2.54. The van der Waals surface area contributed by atoms with Gasteiger partial charge in [-0.1, -0.05) is 6.07 Å². The van der Waals surface area contributed by atoms with E-state index in [1.807, 2.05) is 0 Å². The predicted molar refractivity (Wildman–Crippen MR) is 89.6 cm³/mol. The van der Waals surface area contributed by atoms with Gasteiger partial charge in [0.1, 0.15) is 16.5 Å². The minimum absolute atomic E-state index is 0.0440. The Morgan fingerprint density at radius 2 is 1.71 bits per heavy atom. The largest absolute Gasteiger partial charge is 0.435 e. The van der Waals surface area contributed by atoms with Crippen LogP contribution in [0.4, 0.5) is 22.0 Å². The van der Waals surface area contributed by atoms with Crippen molar-refractivity contribution in [3.05, 3.63) is 59.4 Å². The molecule has 0 amide bonds. The summed E-state index contributed by atoms with van der Waals surface area (Å²) >= 11 is 0. The number of hydrogen-bond donors (Lipinski definition) is 0. The van der Waals surface area contributed by atoms with Gasteiger partial charge in [-0.15, -0.1) is 0 Å². The van der Waals surface area contributed by atoms with Crippen molar-refractivity contribution in [1.29, 1.82) is 0 Å². The first-order chi connectivity index (χ1) is 12.9. The van der Waals surface area contributed by atoms with Crippen LogP contribution in [0.15, 0.2) is 41.3 Å². The summed E-state index contributed by atoms with van der Waals surface area (Å²) in [5.74, 6) is -2.56. The topological polar surface area (TPSA) is 64.8 Å². The third-order valence-electron chi connectivity index (χ3n) is 3.79. The Hall–Kier alpha value is -2.82. The molecular weight excluding hydrogens is 405 g/mol. The molecule has 2 aromatic heterocycles. The van der Waals surface area contributed by atoms with Crippen LogP contribution >= 0.6 is 0 Å². The Bertz CT molecular complexity index is 1170. The van der Waals surface area contributed by atoms with Crippen LogP contribution in [0.3, 0.4) is 0 Å². The lowest BCUT2D eigenvalue weighted by Crippen LogP contribution is -2.08. The van der Waals surface area contributed by atoms with Crippen molar-refractivity contribution in [2.45, 2.75) is 18.0 Å². The van der Waals surface area contributed by atoms with E-state index >= 15 is 0 Å². The smallest absolute Gasteiger partial charge is 0.234 e. The molecule has 0 saturated heterocycles. The second-order valence-electron chi connectivity index (χ2n) is 6.00. The van der Waals surface area contributed by atoms with Gasteiger partial charge in [-0.2, -0.15) is 18.3 Å². The van der Waals surface area contributed by atoms with E-state index in [-0.39, 0.29) is 5.82 Å². The number of nitrogens with zero attached hydrogens (tertiary/aromatic N) is 3. The number of aryl methyl sites for hydroxylation is 1. The lowest BCUT2D eigenvalue weighted by Gasteiger charge is -2.10. The first kappa shape index (κ1) is 19.9. The lowest BCUT2D eigenvalue weighted by molar-refractivity contribution is -0.141. The second kappa shape index (κ2) is 6.66. The number of hydrogen-bond acceptors (Lipinski definition) is 4. The molecule has 0 aliphatic heterocycles. The Balaban J connectivity index is 2.30. The van der Waals surface area contributed by atoms with Crippen LogP contribution in [0.5, 0.6) is 0 Å². The van der Waals surface area contributed by atoms with Gasteiger partial charge in [0.25, 0.3) is 0 Å². The van der Waals surface area contributed by atoms with Gasteiger partial charge in [0.05, 0.1) is 5.69 Å². The van der Waals surface area contributed by atoms with Crippen LogP contribution in [-0.4, -0.2) is 29.4 Å². The summed E-state index contributed by atoms with van der Waals surface area (Å²) < 4.78 is 92.0. The highest BCUT2D eigenvalue weighted by Gasteiger charge is 2.36. The Morgan fingerprint density at radius 1 is 1.04 bits per heavy atom. The van der Waals surface area contributed by atoms with E-state index in [9.17, 15) is 30.4 Å². The zero-order valence-electron chi connectivity index (χ0n) is 14.4.